The van der Waals surface area contributed by atoms with Gasteiger partial charge in [-0.05, 0) is 30.2 Å². The molecule has 9 heteroatoms. The maximum Gasteiger partial charge on any atom is 0.267 e. The molecule has 2 aliphatic rings. The molecular formula is C21H22FN3O5. The lowest BCUT2D eigenvalue weighted by molar-refractivity contribution is -0.125. The molecule has 1 spiro atoms. The van der Waals surface area contributed by atoms with E-state index in [1.54, 1.807) is 42.5 Å². The smallest absolute Gasteiger partial charge is 0.267 e. The second-order valence-corrected chi connectivity index (χ2v) is 7.25. The van der Waals surface area contributed by atoms with E-state index >= 15 is 0 Å². The number of fused-ring (bicyclic) bond motifs is 2. The molecule has 0 aliphatic carbocycles. The van der Waals surface area contributed by atoms with Gasteiger partial charge in [0.05, 0.1) is 36.5 Å². The van der Waals surface area contributed by atoms with Crippen LogP contribution in [0, 0.1) is 0 Å². The fourth-order valence-electron chi connectivity index (χ4n) is 4.05. The Morgan fingerprint density at radius 1 is 1.37 bits per heavy atom. The molecule has 1 saturated heterocycles. The van der Waals surface area contributed by atoms with E-state index in [1.807, 2.05) is 0 Å². The van der Waals surface area contributed by atoms with Gasteiger partial charge in [0.15, 0.2) is 0 Å². The number of halogens is 1. The number of amides is 2. The van der Waals surface area contributed by atoms with Gasteiger partial charge < -0.3 is 25.2 Å². The van der Waals surface area contributed by atoms with Crippen molar-refractivity contribution in [3.05, 3.63) is 48.0 Å². The average molecular weight is 415 g/mol. The van der Waals surface area contributed by atoms with Crippen molar-refractivity contribution in [2.45, 2.75) is 17.9 Å². The van der Waals surface area contributed by atoms with Crippen molar-refractivity contribution in [3.63, 3.8) is 0 Å². The Morgan fingerprint density at radius 2 is 2.17 bits per heavy atom. The number of rotatable bonds is 6. The van der Waals surface area contributed by atoms with Gasteiger partial charge in [-0.1, -0.05) is 22.7 Å². The number of hydrogen-bond acceptors (Lipinski definition) is 6. The van der Waals surface area contributed by atoms with Crippen molar-refractivity contribution in [2.24, 2.45) is 0 Å². The van der Waals surface area contributed by atoms with E-state index in [0.29, 0.717) is 22.7 Å². The number of nitrogens with zero attached hydrogens (tertiary/aromatic N) is 1. The summed E-state index contributed by atoms with van der Waals surface area (Å²) in [5.74, 6) is -0.122. The second kappa shape index (κ2) is 7.92. The highest BCUT2D eigenvalue weighted by Crippen LogP contribution is 2.47. The first-order valence-corrected chi connectivity index (χ1v) is 9.56. The van der Waals surface area contributed by atoms with Crippen LogP contribution in [0.15, 0.2) is 42.5 Å². The molecule has 3 N–H and O–H groups in total. The maximum absolute atomic E-state index is 14.4. The maximum atomic E-state index is 14.4. The molecule has 0 saturated carbocycles. The minimum absolute atomic E-state index is 0.117. The third-order valence-corrected chi connectivity index (χ3v) is 5.53. The molecule has 2 heterocycles. The molecule has 4 rings (SSSR count). The first kappa shape index (κ1) is 20.1. The molecule has 0 bridgehead atoms. The Labute approximate surface area is 172 Å². The first-order valence-electron chi connectivity index (χ1n) is 9.56. The van der Waals surface area contributed by atoms with Crippen LogP contribution in [0.3, 0.4) is 0 Å². The Hall–Kier alpha value is -3.17. The van der Waals surface area contributed by atoms with E-state index < -0.39 is 17.4 Å². The largest absolute Gasteiger partial charge is 0.494 e. The van der Waals surface area contributed by atoms with Gasteiger partial charge >= 0.3 is 0 Å². The molecule has 0 radical (unpaired) electrons. The van der Waals surface area contributed by atoms with Crippen LogP contribution in [0.5, 0.6) is 11.5 Å². The molecule has 30 heavy (non-hydrogen) atoms. The van der Waals surface area contributed by atoms with Gasteiger partial charge in [-0.3, -0.25) is 9.59 Å². The Bertz CT molecular complexity index is 985. The van der Waals surface area contributed by atoms with Gasteiger partial charge in [0, 0.05) is 12.6 Å². The summed E-state index contributed by atoms with van der Waals surface area (Å²) < 4.78 is 25.1. The Balaban J connectivity index is 1.51. The summed E-state index contributed by atoms with van der Waals surface area (Å²) in [6.45, 7) is 0.199. The SMILES string of the molecule is COc1cc(OCCO)ccc1NC(=O)C1CC2(CN1)C(=O)N(F)c1ccccc12. The standard InChI is InChI=1S/C21H22FN3O5/c1-29-18-10-13(30-9-8-26)6-7-15(18)24-19(27)16-11-21(12-23-16)14-4-2-3-5-17(14)25(22)20(21)28/h2-7,10,16,23,26H,8-9,11-12H2,1H3,(H,24,27). The summed E-state index contributed by atoms with van der Waals surface area (Å²) in [4.78, 5) is 25.5. The molecule has 2 amide bonds. The summed E-state index contributed by atoms with van der Waals surface area (Å²) in [7, 11) is 1.47. The number of aliphatic hydroxyl groups is 1. The molecular weight excluding hydrogens is 393 g/mol. The molecule has 158 valence electrons. The quantitative estimate of drug-likeness (QED) is 0.619. The topological polar surface area (TPSA) is 100 Å². The van der Waals surface area contributed by atoms with Crippen molar-refractivity contribution in [1.82, 2.24) is 5.32 Å². The number of benzene rings is 2. The van der Waals surface area contributed by atoms with Crippen molar-refractivity contribution in [3.8, 4) is 11.5 Å². The van der Waals surface area contributed by atoms with Crippen LogP contribution in [0.4, 0.5) is 15.9 Å². The van der Waals surface area contributed by atoms with E-state index in [-0.39, 0.29) is 42.9 Å². The van der Waals surface area contributed by atoms with Crippen molar-refractivity contribution >= 4 is 23.2 Å². The number of ether oxygens (including phenoxy) is 2. The lowest BCUT2D eigenvalue weighted by Crippen LogP contribution is -2.38. The minimum atomic E-state index is -1.10. The number of carbonyl (C=O) groups is 2. The minimum Gasteiger partial charge on any atom is -0.494 e. The van der Waals surface area contributed by atoms with E-state index in [4.69, 9.17) is 14.6 Å². The van der Waals surface area contributed by atoms with Crippen LogP contribution in [0.1, 0.15) is 12.0 Å². The zero-order valence-electron chi connectivity index (χ0n) is 16.4. The average Bonchev–Trinajstić information content (AvgIpc) is 3.31. The molecule has 8 nitrogen and oxygen atoms in total. The molecule has 2 aliphatic heterocycles. The Kier molecular flexibility index (Phi) is 5.31. The van der Waals surface area contributed by atoms with Gasteiger partial charge in [0.25, 0.3) is 5.91 Å². The lowest BCUT2D eigenvalue weighted by Gasteiger charge is -2.20. The van der Waals surface area contributed by atoms with Crippen molar-refractivity contribution in [2.75, 3.05) is 37.3 Å². The van der Waals surface area contributed by atoms with E-state index in [0.717, 1.165) is 0 Å². The lowest BCUT2D eigenvalue weighted by atomic mass is 9.79. The number of nitrogens with one attached hydrogen (secondary N) is 2. The summed E-state index contributed by atoms with van der Waals surface area (Å²) in [5, 5.41) is 14.9. The number of anilines is 2. The number of methoxy groups -OCH3 is 1. The Morgan fingerprint density at radius 3 is 2.93 bits per heavy atom. The highest BCUT2D eigenvalue weighted by molar-refractivity contribution is 6.08. The first-order chi connectivity index (χ1) is 14.5. The van der Waals surface area contributed by atoms with E-state index in [9.17, 15) is 14.1 Å². The third kappa shape index (κ3) is 3.25. The van der Waals surface area contributed by atoms with Crippen LogP contribution in [0.25, 0.3) is 0 Å². The number of carbonyl (C=O) groups excluding carboxylic acids is 2. The summed E-state index contributed by atoms with van der Waals surface area (Å²) >= 11 is 0. The van der Waals surface area contributed by atoms with Gasteiger partial charge in [0.2, 0.25) is 5.91 Å². The van der Waals surface area contributed by atoms with Crippen LogP contribution in [0.2, 0.25) is 0 Å². The summed E-state index contributed by atoms with van der Waals surface area (Å²) in [5.41, 5.74) is 0.153. The van der Waals surface area contributed by atoms with E-state index in [2.05, 4.69) is 10.6 Å². The summed E-state index contributed by atoms with van der Waals surface area (Å²) in [6.07, 6.45) is 0.148. The molecule has 2 atom stereocenters. The van der Waals surface area contributed by atoms with E-state index in [1.165, 1.54) is 7.11 Å². The van der Waals surface area contributed by atoms with Crippen molar-refractivity contribution in [1.29, 1.82) is 0 Å². The number of hydrogen-bond donors (Lipinski definition) is 3. The zero-order chi connectivity index (χ0) is 21.3. The van der Waals surface area contributed by atoms with Crippen molar-refractivity contribution < 1.29 is 28.7 Å². The predicted octanol–water partition coefficient (Wildman–Crippen LogP) is 1.54. The second-order valence-electron chi connectivity index (χ2n) is 7.25. The van der Waals surface area contributed by atoms with Crippen LogP contribution in [-0.4, -0.2) is 49.8 Å². The number of para-hydroxylation sites is 1. The highest BCUT2D eigenvalue weighted by Gasteiger charge is 2.56. The van der Waals surface area contributed by atoms with Crippen LogP contribution < -0.4 is 25.2 Å². The fraction of sp³-hybridized carbons (Fsp3) is 0.333. The normalized spacial score (nSPS) is 22.3. The van der Waals surface area contributed by atoms with Gasteiger partial charge in [-0.2, -0.15) is 0 Å². The monoisotopic (exact) mass is 415 g/mol. The van der Waals surface area contributed by atoms with Crippen LogP contribution >= 0.6 is 0 Å². The molecule has 0 aromatic heterocycles. The molecule has 2 aromatic carbocycles. The zero-order valence-corrected chi connectivity index (χ0v) is 16.4. The predicted molar refractivity (Wildman–Crippen MR) is 107 cm³/mol. The van der Waals surface area contributed by atoms with Gasteiger partial charge in [-0.25, -0.2) is 0 Å². The highest BCUT2D eigenvalue weighted by atomic mass is 19.2. The fourth-order valence-corrected chi connectivity index (χ4v) is 4.05. The van der Waals surface area contributed by atoms with Gasteiger partial charge in [0.1, 0.15) is 18.1 Å². The molecule has 1 fully saturated rings. The summed E-state index contributed by atoms with van der Waals surface area (Å²) in [6, 6.07) is 10.9. The molecule has 2 unspecified atom stereocenters. The third-order valence-electron chi connectivity index (χ3n) is 5.53. The van der Waals surface area contributed by atoms with Crippen LogP contribution in [-0.2, 0) is 15.0 Å². The number of aliphatic hydroxyl groups excluding tert-OH is 1. The van der Waals surface area contributed by atoms with Gasteiger partial charge in [-0.15, -0.1) is 5.12 Å². The molecule has 2 aromatic rings.